The maximum atomic E-state index is 12.9. The van der Waals surface area contributed by atoms with Gasteiger partial charge in [0.15, 0.2) is 11.5 Å². The molecule has 0 aliphatic carbocycles. The molecular weight excluding hydrogens is 304 g/mol. The maximum absolute atomic E-state index is 12.9. The fourth-order valence-corrected chi connectivity index (χ4v) is 4.76. The monoisotopic (exact) mass is 328 g/mol. The Balaban J connectivity index is 2.41. The van der Waals surface area contributed by atoms with Crippen LogP contribution in [0.3, 0.4) is 0 Å². The highest BCUT2D eigenvalue weighted by Crippen LogP contribution is 2.33. The Kier molecular flexibility index (Phi) is 5.31. The molecule has 1 aliphatic rings. The van der Waals surface area contributed by atoms with E-state index in [1.54, 1.807) is 12.1 Å². The quantitative estimate of drug-likeness (QED) is 0.885. The Morgan fingerprint density at radius 1 is 1.27 bits per heavy atom. The summed E-state index contributed by atoms with van der Waals surface area (Å²) < 4.78 is 37.8. The summed E-state index contributed by atoms with van der Waals surface area (Å²) in [5, 5.41) is 0. The fraction of sp³-hybridized carbons (Fsp3) is 0.600. The standard InChI is InChI=1S/C15H24N2O4S/c1-11-5-4-8-17(13(11)10-16)22(18,19)12-6-7-14(20-2)15(9-12)21-3/h6-7,9,11,13H,4-5,8,10,16H2,1-3H3. The van der Waals surface area contributed by atoms with Crippen molar-refractivity contribution in [1.29, 1.82) is 0 Å². The minimum absolute atomic E-state index is 0.160. The van der Waals surface area contributed by atoms with E-state index in [4.69, 9.17) is 15.2 Å². The van der Waals surface area contributed by atoms with Crippen LogP contribution in [-0.4, -0.2) is 46.1 Å². The molecule has 0 spiro atoms. The van der Waals surface area contributed by atoms with Crippen molar-refractivity contribution in [2.24, 2.45) is 11.7 Å². The van der Waals surface area contributed by atoms with Crippen LogP contribution < -0.4 is 15.2 Å². The van der Waals surface area contributed by atoms with Crippen LogP contribution in [0.5, 0.6) is 11.5 Å². The number of methoxy groups -OCH3 is 2. The van der Waals surface area contributed by atoms with Gasteiger partial charge in [-0.15, -0.1) is 0 Å². The summed E-state index contributed by atoms with van der Waals surface area (Å²) in [5.74, 6) is 1.16. The van der Waals surface area contributed by atoms with Gasteiger partial charge in [0.25, 0.3) is 0 Å². The second-order valence-electron chi connectivity index (χ2n) is 5.56. The second kappa shape index (κ2) is 6.85. The zero-order valence-corrected chi connectivity index (χ0v) is 14.1. The number of benzene rings is 1. The summed E-state index contributed by atoms with van der Waals surface area (Å²) in [4.78, 5) is 0.206. The average Bonchev–Trinajstić information content (AvgIpc) is 2.53. The van der Waals surface area contributed by atoms with Gasteiger partial charge in [0, 0.05) is 25.2 Å². The van der Waals surface area contributed by atoms with Gasteiger partial charge in [-0.05, 0) is 30.9 Å². The number of hydrogen-bond donors (Lipinski definition) is 1. The van der Waals surface area contributed by atoms with Gasteiger partial charge >= 0.3 is 0 Å². The van der Waals surface area contributed by atoms with E-state index in [1.165, 1.54) is 24.6 Å². The van der Waals surface area contributed by atoms with E-state index in [0.717, 1.165) is 12.8 Å². The Bertz CT molecular complexity index is 618. The van der Waals surface area contributed by atoms with Crippen molar-refractivity contribution >= 4 is 10.0 Å². The van der Waals surface area contributed by atoms with Crippen LogP contribution in [-0.2, 0) is 10.0 Å². The Labute approximate surface area is 132 Å². The molecule has 7 heteroatoms. The van der Waals surface area contributed by atoms with Crippen LogP contribution >= 0.6 is 0 Å². The second-order valence-corrected chi connectivity index (χ2v) is 7.45. The lowest BCUT2D eigenvalue weighted by molar-refractivity contribution is 0.192. The lowest BCUT2D eigenvalue weighted by Gasteiger charge is -2.38. The van der Waals surface area contributed by atoms with E-state index in [1.807, 2.05) is 6.92 Å². The van der Waals surface area contributed by atoms with E-state index < -0.39 is 10.0 Å². The molecule has 0 saturated carbocycles. The number of ether oxygens (including phenoxy) is 2. The number of nitrogens with two attached hydrogens (primary N) is 1. The summed E-state index contributed by atoms with van der Waals surface area (Å²) >= 11 is 0. The fourth-order valence-electron chi connectivity index (χ4n) is 2.97. The van der Waals surface area contributed by atoms with Crippen LogP contribution in [0, 0.1) is 5.92 Å². The highest BCUT2D eigenvalue weighted by atomic mass is 32.2. The van der Waals surface area contributed by atoms with Gasteiger partial charge in [0.1, 0.15) is 0 Å². The first-order chi connectivity index (χ1) is 10.5. The van der Waals surface area contributed by atoms with Crippen molar-refractivity contribution in [2.45, 2.75) is 30.7 Å². The third kappa shape index (κ3) is 3.06. The van der Waals surface area contributed by atoms with Gasteiger partial charge in [-0.25, -0.2) is 8.42 Å². The normalized spacial score (nSPS) is 23.3. The highest BCUT2D eigenvalue weighted by Gasteiger charge is 2.36. The zero-order valence-electron chi connectivity index (χ0n) is 13.3. The molecule has 0 aromatic heterocycles. The number of nitrogens with zero attached hydrogens (tertiary/aromatic N) is 1. The van der Waals surface area contributed by atoms with Crippen LogP contribution in [0.15, 0.2) is 23.1 Å². The Hall–Kier alpha value is -1.31. The molecule has 22 heavy (non-hydrogen) atoms. The van der Waals surface area contributed by atoms with Gasteiger partial charge in [0.2, 0.25) is 10.0 Å². The lowest BCUT2D eigenvalue weighted by atomic mass is 9.93. The number of hydrogen-bond acceptors (Lipinski definition) is 5. The van der Waals surface area contributed by atoms with Crippen molar-refractivity contribution < 1.29 is 17.9 Å². The predicted molar refractivity (Wildman–Crippen MR) is 84.7 cm³/mol. The van der Waals surface area contributed by atoms with Crippen molar-refractivity contribution in [3.8, 4) is 11.5 Å². The SMILES string of the molecule is COc1ccc(S(=O)(=O)N2CCCC(C)C2CN)cc1OC. The molecule has 2 atom stereocenters. The molecule has 1 fully saturated rings. The molecule has 2 rings (SSSR count). The summed E-state index contributed by atoms with van der Waals surface area (Å²) in [6.45, 7) is 2.88. The largest absolute Gasteiger partial charge is 0.493 e. The average molecular weight is 328 g/mol. The van der Waals surface area contributed by atoms with Crippen molar-refractivity contribution in [3.63, 3.8) is 0 Å². The predicted octanol–water partition coefficient (Wildman–Crippen LogP) is 1.45. The smallest absolute Gasteiger partial charge is 0.243 e. The molecule has 0 bridgehead atoms. The molecule has 6 nitrogen and oxygen atoms in total. The first kappa shape index (κ1) is 17.1. The van der Waals surface area contributed by atoms with Crippen LogP contribution in [0.25, 0.3) is 0 Å². The van der Waals surface area contributed by atoms with E-state index in [9.17, 15) is 8.42 Å². The van der Waals surface area contributed by atoms with Crippen LogP contribution in [0.1, 0.15) is 19.8 Å². The molecule has 1 aromatic carbocycles. The number of rotatable bonds is 5. The van der Waals surface area contributed by atoms with Crippen molar-refractivity contribution in [1.82, 2.24) is 4.31 Å². The van der Waals surface area contributed by atoms with Crippen molar-refractivity contribution in [3.05, 3.63) is 18.2 Å². The molecule has 2 N–H and O–H groups in total. The van der Waals surface area contributed by atoms with Gasteiger partial charge < -0.3 is 15.2 Å². The van der Waals surface area contributed by atoms with Gasteiger partial charge in [-0.2, -0.15) is 4.31 Å². The highest BCUT2D eigenvalue weighted by molar-refractivity contribution is 7.89. The van der Waals surface area contributed by atoms with E-state index in [-0.39, 0.29) is 16.9 Å². The molecule has 1 saturated heterocycles. The molecule has 1 aromatic rings. The first-order valence-corrected chi connectivity index (χ1v) is 8.83. The Morgan fingerprint density at radius 2 is 1.95 bits per heavy atom. The summed E-state index contributed by atoms with van der Waals surface area (Å²) in [6.07, 6.45) is 1.85. The van der Waals surface area contributed by atoms with E-state index in [0.29, 0.717) is 24.6 Å². The summed E-state index contributed by atoms with van der Waals surface area (Å²) in [6, 6.07) is 4.49. The molecule has 0 radical (unpaired) electrons. The van der Waals surface area contributed by atoms with Gasteiger partial charge in [-0.1, -0.05) is 6.92 Å². The lowest BCUT2D eigenvalue weighted by Crippen LogP contribution is -2.51. The third-order valence-electron chi connectivity index (χ3n) is 4.27. The van der Waals surface area contributed by atoms with Crippen LogP contribution in [0.2, 0.25) is 0 Å². The van der Waals surface area contributed by atoms with Gasteiger partial charge in [0.05, 0.1) is 19.1 Å². The van der Waals surface area contributed by atoms with Crippen LogP contribution in [0.4, 0.5) is 0 Å². The molecule has 1 heterocycles. The zero-order chi connectivity index (χ0) is 16.3. The summed E-state index contributed by atoms with van der Waals surface area (Å²) in [7, 11) is -0.593. The Morgan fingerprint density at radius 3 is 2.55 bits per heavy atom. The topological polar surface area (TPSA) is 81.9 Å². The first-order valence-electron chi connectivity index (χ1n) is 7.39. The molecule has 1 aliphatic heterocycles. The van der Waals surface area contributed by atoms with E-state index >= 15 is 0 Å². The van der Waals surface area contributed by atoms with Gasteiger partial charge in [-0.3, -0.25) is 0 Å². The third-order valence-corrected chi connectivity index (χ3v) is 6.19. The molecule has 2 unspecified atom stereocenters. The van der Waals surface area contributed by atoms with E-state index in [2.05, 4.69) is 0 Å². The number of piperidine rings is 1. The molecule has 124 valence electrons. The minimum Gasteiger partial charge on any atom is -0.493 e. The minimum atomic E-state index is -3.60. The molecule has 0 amide bonds. The van der Waals surface area contributed by atoms with Crippen molar-refractivity contribution in [2.75, 3.05) is 27.3 Å². The number of sulfonamides is 1. The molecular formula is C15H24N2O4S. The summed E-state index contributed by atoms with van der Waals surface area (Å²) in [5.41, 5.74) is 5.81. The maximum Gasteiger partial charge on any atom is 0.243 e.